The third-order valence-corrected chi connectivity index (χ3v) is 1.33. The van der Waals surface area contributed by atoms with Gasteiger partial charge in [-0.25, -0.2) is 4.39 Å². The van der Waals surface area contributed by atoms with Crippen LogP contribution in [0.2, 0.25) is 0 Å². The molecule has 0 saturated heterocycles. The van der Waals surface area contributed by atoms with Crippen LogP contribution in [0.4, 0.5) is 10.1 Å². The molecule has 1 rings (SSSR count). The molecule has 0 fully saturated rings. The van der Waals surface area contributed by atoms with E-state index in [0.717, 1.165) is 6.07 Å². The smallest absolute Gasteiger partial charge is 0.152 e. The maximum atomic E-state index is 12.6. The molecule has 0 amide bonds. The highest BCUT2D eigenvalue weighted by molar-refractivity contribution is 6.32. The van der Waals surface area contributed by atoms with Crippen LogP contribution in [0, 0.1) is 5.82 Å². The summed E-state index contributed by atoms with van der Waals surface area (Å²) in [6, 6.07) is 2.23. The molecule has 0 saturated carbocycles. The summed E-state index contributed by atoms with van der Waals surface area (Å²) in [5, 5.41) is 0. The second kappa shape index (κ2) is 2.74. The van der Waals surface area contributed by atoms with Gasteiger partial charge in [-0.2, -0.15) is 0 Å². The molecule has 0 unspecified atom stereocenters. The fourth-order valence-electron chi connectivity index (χ4n) is 0.725. The minimum Gasteiger partial charge on any atom is -0.398 e. The highest BCUT2D eigenvalue weighted by Crippen LogP contribution is 2.08. The van der Waals surface area contributed by atoms with Crippen LogP contribution < -0.4 is 11.2 Å². The third kappa shape index (κ3) is 1.39. The van der Waals surface area contributed by atoms with Crippen LogP contribution >= 0.6 is 0 Å². The summed E-state index contributed by atoms with van der Waals surface area (Å²) in [6.45, 7) is 0. The Morgan fingerprint density at radius 2 is 2.18 bits per heavy atom. The Kier molecular flexibility index (Phi) is 1.94. The maximum Gasteiger partial charge on any atom is 0.152 e. The van der Waals surface area contributed by atoms with Crippen molar-refractivity contribution in [2.24, 2.45) is 0 Å². The van der Waals surface area contributed by atoms with Crippen molar-refractivity contribution >= 4 is 25.3 Å². The molecule has 0 aromatic heterocycles. The van der Waals surface area contributed by atoms with Crippen LogP contribution in [-0.2, 0) is 0 Å². The number of benzene rings is 1. The van der Waals surface area contributed by atoms with E-state index in [4.69, 9.17) is 13.6 Å². The third-order valence-electron chi connectivity index (χ3n) is 1.33. The molecule has 4 heteroatoms. The van der Waals surface area contributed by atoms with E-state index in [9.17, 15) is 9.18 Å². The number of halogens is 1. The largest absolute Gasteiger partial charge is 0.398 e. The molecule has 0 atom stereocenters. The summed E-state index contributed by atoms with van der Waals surface area (Å²) < 4.78 is 12.6. The van der Waals surface area contributed by atoms with Crippen molar-refractivity contribution in [3.05, 3.63) is 23.5 Å². The van der Waals surface area contributed by atoms with Crippen molar-refractivity contribution in [1.82, 2.24) is 0 Å². The molecule has 0 aliphatic rings. The average Bonchev–Trinajstić information content (AvgIpc) is 1.97. The first kappa shape index (κ1) is 7.79. The van der Waals surface area contributed by atoms with Gasteiger partial charge in [-0.3, -0.25) is 4.79 Å². The van der Waals surface area contributed by atoms with Gasteiger partial charge < -0.3 is 5.73 Å². The van der Waals surface area contributed by atoms with E-state index >= 15 is 0 Å². The van der Waals surface area contributed by atoms with Crippen LogP contribution in [0.1, 0.15) is 10.4 Å². The number of nitrogens with two attached hydrogens (primary N) is 1. The lowest BCUT2D eigenvalue weighted by molar-refractivity contribution is 0.112. The molecule has 0 aliphatic heterocycles. The predicted octanol–water partition coefficient (Wildman–Crippen LogP) is 0.0142. The molecule has 11 heavy (non-hydrogen) atoms. The fraction of sp³-hybridized carbons (Fsp3) is 0. The zero-order chi connectivity index (χ0) is 8.43. The van der Waals surface area contributed by atoms with Crippen molar-refractivity contribution in [2.75, 3.05) is 5.73 Å². The van der Waals surface area contributed by atoms with Crippen LogP contribution in [0.25, 0.3) is 0 Å². The minimum absolute atomic E-state index is 0.0682. The molecule has 2 radical (unpaired) electrons. The lowest BCUT2D eigenvalue weighted by Gasteiger charge is -2.00. The van der Waals surface area contributed by atoms with Crippen molar-refractivity contribution in [2.45, 2.75) is 0 Å². The van der Waals surface area contributed by atoms with Crippen LogP contribution in [0.15, 0.2) is 12.1 Å². The highest BCUT2D eigenvalue weighted by atomic mass is 19.1. The van der Waals surface area contributed by atoms with Gasteiger partial charge in [0, 0.05) is 11.3 Å². The van der Waals surface area contributed by atoms with Crippen molar-refractivity contribution in [3.8, 4) is 0 Å². The zero-order valence-electron chi connectivity index (χ0n) is 5.67. The number of anilines is 1. The topological polar surface area (TPSA) is 43.1 Å². The van der Waals surface area contributed by atoms with Gasteiger partial charge >= 0.3 is 0 Å². The predicted molar refractivity (Wildman–Crippen MR) is 41.6 cm³/mol. The first-order chi connectivity index (χ1) is 5.15. The van der Waals surface area contributed by atoms with E-state index in [2.05, 4.69) is 0 Å². The van der Waals surface area contributed by atoms with Gasteiger partial charge in [-0.05, 0) is 6.07 Å². The molecule has 0 bridgehead atoms. The number of hydrogen-bond donors (Lipinski definition) is 1. The first-order valence-electron chi connectivity index (χ1n) is 2.95. The highest BCUT2D eigenvalue weighted by Gasteiger charge is 2.02. The van der Waals surface area contributed by atoms with Gasteiger partial charge in [0.2, 0.25) is 0 Å². The van der Waals surface area contributed by atoms with E-state index in [1.165, 1.54) is 6.07 Å². The zero-order valence-corrected chi connectivity index (χ0v) is 5.67. The summed E-state index contributed by atoms with van der Waals surface area (Å²) in [7, 11) is 5.18. The summed E-state index contributed by atoms with van der Waals surface area (Å²) in [5.74, 6) is -0.604. The molecule has 0 aliphatic carbocycles. The molecule has 1 aromatic rings. The van der Waals surface area contributed by atoms with E-state index in [0.29, 0.717) is 6.29 Å². The standard InChI is InChI=1S/C7H5BFNO/c8-5-1-4(3-11)7(10)2-6(5)9/h1-3H,10H2. The van der Waals surface area contributed by atoms with Gasteiger partial charge in [0.25, 0.3) is 0 Å². The molecule has 1 aromatic carbocycles. The first-order valence-corrected chi connectivity index (χ1v) is 2.95. The second-order valence-electron chi connectivity index (χ2n) is 2.12. The number of aldehydes is 1. The Hall–Kier alpha value is -1.32. The van der Waals surface area contributed by atoms with Crippen LogP contribution in [0.3, 0.4) is 0 Å². The van der Waals surface area contributed by atoms with Gasteiger partial charge in [-0.15, -0.1) is 0 Å². The summed E-state index contributed by atoms with van der Waals surface area (Å²) in [5.41, 5.74) is 5.52. The molecule has 0 heterocycles. The molecule has 2 N–H and O–H groups in total. The average molecular weight is 149 g/mol. The number of nitrogen functional groups attached to an aromatic ring is 1. The minimum atomic E-state index is -0.604. The Bertz CT molecular complexity index is 301. The summed E-state index contributed by atoms with van der Waals surface area (Å²) in [6.07, 6.45) is 0.533. The van der Waals surface area contributed by atoms with E-state index in [1.807, 2.05) is 0 Å². The SMILES string of the molecule is [B]c1cc(C=O)c(N)cc1F. The van der Waals surface area contributed by atoms with E-state index < -0.39 is 5.82 Å². The van der Waals surface area contributed by atoms with Gasteiger partial charge in [0.05, 0.1) is 0 Å². The number of hydrogen-bond acceptors (Lipinski definition) is 2. The molecular formula is C7H5BFNO. The van der Waals surface area contributed by atoms with Gasteiger partial charge in [0.1, 0.15) is 13.7 Å². The second-order valence-corrected chi connectivity index (χ2v) is 2.12. The maximum absolute atomic E-state index is 12.6. The van der Waals surface area contributed by atoms with E-state index in [1.54, 1.807) is 0 Å². The van der Waals surface area contributed by atoms with Crippen LogP contribution in [0.5, 0.6) is 0 Å². The number of rotatable bonds is 1. The van der Waals surface area contributed by atoms with Gasteiger partial charge in [0.15, 0.2) is 6.29 Å². The van der Waals surface area contributed by atoms with Crippen molar-refractivity contribution < 1.29 is 9.18 Å². The quantitative estimate of drug-likeness (QED) is 0.347. The summed E-state index contributed by atoms with van der Waals surface area (Å²) in [4.78, 5) is 10.2. The van der Waals surface area contributed by atoms with Gasteiger partial charge in [-0.1, -0.05) is 11.5 Å². The van der Waals surface area contributed by atoms with E-state index in [-0.39, 0.29) is 16.7 Å². The lowest BCUT2D eigenvalue weighted by Crippen LogP contribution is -2.11. The normalized spacial score (nSPS) is 9.55. The monoisotopic (exact) mass is 149 g/mol. The molecule has 0 spiro atoms. The Morgan fingerprint density at radius 1 is 1.55 bits per heavy atom. The Labute approximate surface area is 64.6 Å². The molecule has 54 valence electrons. The fourth-order valence-corrected chi connectivity index (χ4v) is 0.725. The summed E-state index contributed by atoms with van der Waals surface area (Å²) >= 11 is 0. The van der Waals surface area contributed by atoms with Crippen molar-refractivity contribution in [3.63, 3.8) is 0 Å². The molecule has 2 nitrogen and oxygen atoms in total. The number of carbonyl (C=O) groups is 1. The van der Waals surface area contributed by atoms with Crippen LogP contribution in [-0.4, -0.2) is 14.1 Å². The Morgan fingerprint density at radius 3 is 2.73 bits per heavy atom. The molecular weight excluding hydrogens is 144 g/mol. The Balaban J connectivity index is 3.31. The van der Waals surface area contributed by atoms with Crippen molar-refractivity contribution in [1.29, 1.82) is 0 Å². The lowest BCUT2D eigenvalue weighted by atomic mass is 9.93. The number of carbonyl (C=O) groups excluding carboxylic acids is 1.